The Balaban J connectivity index is 1.67. The van der Waals surface area contributed by atoms with Crippen molar-refractivity contribution in [1.82, 2.24) is 14.2 Å². The number of hydrogen-bond donors (Lipinski definition) is 1. The first-order valence-electron chi connectivity index (χ1n) is 10.3. The molecule has 0 saturated heterocycles. The van der Waals surface area contributed by atoms with E-state index in [4.69, 9.17) is 0 Å². The van der Waals surface area contributed by atoms with Crippen LogP contribution in [0.5, 0.6) is 0 Å². The van der Waals surface area contributed by atoms with Gasteiger partial charge in [0.15, 0.2) is 5.13 Å². The Bertz CT molecular complexity index is 984. The fraction of sp³-hybridized carbons (Fsp3) is 0.524. The summed E-state index contributed by atoms with van der Waals surface area (Å²) in [7, 11) is -1.96. The zero-order valence-electron chi connectivity index (χ0n) is 18.0. The number of hydrogen-bond acceptors (Lipinski definition) is 6. The van der Waals surface area contributed by atoms with E-state index in [1.807, 2.05) is 6.92 Å². The van der Waals surface area contributed by atoms with E-state index >= 15 is 0 Å². The van der Waals surface area contributed by atoms with Crippen molar-refractivity contribution in [3.05, 3.63) is 40.4 Å². The lowest BCUT2D eigenvalue weighted by Gasteiger charge is -2.29. The highest BCUT2D eigenvalue weighted by Gasteiger charge is 2.24. The second-order valence-electron chi connectivity index (χ2n) is 7.86. The van der Waals surface area contributed by atoms with Crippen LogP contribution in [0.2, 0.25) is 0 Å². The van der Waals surface area contributed by atoms with E-state index < -0.39 is 10.0 Å². The third-order valence-corrected chi connectivity index (χ3v) is 8.23. The van der Waals surface area contributed by atoms with E-state index in [2.05, 4.69) is 29.0 Å². The van der Waals surface area contributed by atoms with Crippen LogP contribution in [0, 0.1) is 0 Å². The Morgan fingerprint density at radius 1 is 1.30 bits per heavy atom. The van der Waals surface area contributed by atoms with Crippen molar-refractivity contribution in [3.63, 3.8) is 0 Å². The van der Waals surface area contributed by atoms with Gasteiger partial charge in [-0.3, -0.25) is 15.0 Å². The van der Waals surface area contributed by atoms with Gasteiger partial charge in [-0.1, -0.05) is 13.3 Å². The average Bonchev–Trinajstić information content (AvgIpc) is 3.13. The Hall–Kier alpha value is -1.81. The third kappa shape index (κ3) is 5.08. The molecule has 1 aliphatic heterocycles. The van der Waals surface area contributed by atoms with Gasteiger partial charge in [-0.2, -0.15) is 0 Å². The first-order valence-corrected chi connectivity index (χ1v) is 12.6. The van der Waals surface area contributed by atoms with Gasteiger partial charge in [0.25, 0.3) is 5.91 Å². The molecule has 2 aromatic rings. The summed E-state index contributed by atoms with van der Waals surface area (Å²) in [6.07, 6.45) is 2.62. The van der Waals surface area contributed by atoms with Crippen LogP contribution in [-0.4, -0.2) is 54.7 Å². The average molecular weight is 451 g/mol. The molecule has 0 bridgehead atoms. The lowest BCUT2D eigenvalue weighted by atomic mass is 10.1. The number of unbranched alkanes of at least 4 members (excludes halogenated alkanes) is 1. The van der Waals surface area contributed by atoms with Crippen molar-refractivity contribution in [2.75, 3.05) is 25.5 Å². The van der Waals surface area contributed by atoms with E-state index in [0.29, 0.717) is 23.3 Å². The van der Waals surface area contributed by atoms with Crippen molar-refractivity contribution in [1.29, 1.82) is 0 Å². The zero-order chi connectivity index (χ0) is 21.9. The van der Waals surface area contributed by atoms with Crippen LogP contribution in [0.1, 0.15) is 54.5 Å². The number of nitrogens with zero attached hydrogens (tertiary/aromatic N) is 3. The molecule has 1 aromatic carbocycles. The SMILES string of the molecule is CCCCN(C)S(=O)(=O)c1ccc(C(=O)Nc2nc3c(s2)CN(C(C)C)CC3)cc1. The van der Waals surface area contributed by atoms with Gasteiger partial charge in [-0.15, -0.1) is 11.3 Å². The molecule has 1 aliphatic rings. The van der Waals surface area contributed by atoms with E-state index in [-0.39, 0.29) is 10.8 Å². The Kier molecular flexibility index (Phi) is 7.28. The van der Waals surface area contributed by atoms with Gasteiger partial charge in [0.1, 0.15) is 0 Å². The van der Waals surface area contributed by atoms with Crippen LogP contribution in [0.3, 0.4) is 0 Å². The standard InChI is InChI=1S/C21H30N4O3S2/c1-5-6-12-24(4)30(27,28)17-9-7-16(8-10-17)20(26)23-21-22-18-11-13-25(15(2)3)14-19(18)29-21/h7-10,15H,5-6,11-14H2,1-4H3,(H,22,23,26). The molecule has 0 spiro atoms. The number of carbonyl (C=O) groups is 1. The summed E-state index contributed by atoms with van der Waals surface area (Å²) in [5.41, 5.74) is 1.46. The van der Waals surface area contributed by atoms with Gasteiger partial charge in [-0.05, 0) is 44.5 Å². The quantitative estimate of drug-likeness (QED) is 0.665. The van der Waals surface area contributed by atoms with Gasteiger partial charge in [0.2, 0.25) is 10.0 Å². The maximum Gasteiger partial charge on any atom is 0.257 e. The van der Waals surface area contributed by atoms with Gasteiger partial charge in [-0.25, -0.2) is 17.7 Å². The molecule has 0 saturated carbocycles. The lowest BCUT2D eigenvalue weighted by molar-refractivity contribution is 0.102. The Labute approximate surface area is 183 Å². The molecule has 2 heterocycles. The zero-order valence-corrected chi connectivity index (χ0v) is 19.6. The fourth-order valence-electron chi connectivity index (χ4n) is 3.34. The molecule has 164 valence electrons. The minimum Gasteiger partial charge on any atom is -0.298 e. The van der Waals surface area contributed by atoms with Crippen molar-refractivity contribution in [3.8, 4) is 0 Å². The molecule has 0 atom stereocenters. The molecular formula is C21H30N4O3S2. The van der Waals surface area contributed by atoms with Crippen LogP contribution >= 0.6 is 11.3 Å². The first-order chi connectivity index (χ1) is 14.2. The summed E-state index contributed by atoms with van der Waals surface area (Å²) < 4.78 is 26.6. The maximum absolute atomic E-state index is 12.6. The fourth-order valence-corrected chi connectivity index (χ4v) is 5.58. The van der Waals surface area contributed by atoms with Crippen molar-refractivity contribution in [2.45, 2.75) is 57.5 Å². The Morgan fingerprint density at radius 3 is 2.63 bits per heavy atom. The predicted molar refractivity (Wildman–Crippen MR) is 120 cm³/mol. The van der Waals surface area contributed by atoms with Crippen molar-refractivity contribution in [2.24, 2.45) is 0 Å². The number of amides is 1. The molecular weight excluding hydrogens is 420 g/mol. The predicted octanol–water partition coefficient (Wildman–Crippen LogP) is 3.58. The number of rotatable bonds is 8. The van der Waals surface area contributed by atoms with Crippen LogP contribution in [0.4, 0.5) is 5.13 Å². The highest BCUT2D eigenvalue weighted by molar-refractivity contribution is 7.89. The van der Waals surface area contributed by atoms with E-state index in [9.17, 15) is 13.2 Å². The summed E-state index contributed by atoms with van der Waals surface area (Å²) in [6, 6.07) is 6.54. The second-order valence-corrected chi connectivity index (χ2v) is 11.0. The molecule has 30 heavy (non-hydrogen) atoms. The second kappa shape index (κ2) is 9.55. The molecule has 9 heteroatoms. The minimum absolute atomic E-state index is 0.191. The summed E-state index contributed by atoms with van der Waals surface area (Å²) in [4.78, 5) is 21.0. The highest BCUT2D eigenvalue weighted by Crippen LogP contribution is 2.29. The summed E-state index contributed by atoms with van der Waals surface area (Å²) in [6.45, 7) is 8.69. The lowest BCUT2D eigenvalue weighted by Crippen LogP contribution is -2.35. The van der Waals surface area contributed by atoms with Crippen LogP contribution in [0.25, 0.3) is 0 Å². The molecule has 0 radical (unpaired) electrons. The molecule has 1 aromatic heterocycles. The van der Waals surface area contributed by atoms with E-state index in [1.54, 1.807) is 19.2 Å². The van der Waals surface area contributed by atoms with Gasteiger partial charge >= 0.3 is 0 Å². The normalized spacial score (nSPS) is 14.9. The first kappa shape index (κ1) is 22.9. The van der Waals surface area contributed by atoms with Gasteiger partial charge in [0, 0.05) is 49.6 Å². The third-order valence-electron chi connectivity index (χ3n) is 5.36. The number of benzene rings is 1. The van der Waals surface area contributed by atoms with Gasteiger partial charge < -0.3 is 0 Å². The minimum atomic E-state index is -3.54. The van der Waals surface area contributed by atoms with E-state index in [0.717, 1.165) is 38.0 Å². The largest absolute Gasteiger partial charge is 0.298 e. The summed E-state index contributed by atoms with van der Waals surface area (Å²) in [5.74, 6) is -0.287. The van der Waals surface area contributed by atoms with Crippen LogP contribution in [0.15, 0.2) is 29.2 Å². The number of anilines is 1. The van der Waals surface area contributed by atoms with Crippen LogP contribution in [-0.2, 0) is 23.0 Å². The Morgan fingerprint density at radius 2 is 2.00 bits per heavy atom. The molecule has 3 rings (SSSR count). The smallest absolute Gasteiger partial charge is 0.257 e. The number of thiazole rings is 1. The number of fused-ring (bicyclic) bond motifs is 1. The number of sulfonamides is 1. The van der Waals surface area contributed by atoms with Gasteiger partial charge in [0.05, 0.1) is 10.6 Å². The summed E-state index contributed by atoms with van der Waals surface area (Å²) in [5, 5.41) is 3.45. The highest BCUT2D eigenvalue weighted by atomic mass is 32.2. The molecule has 0 aliphatic carbocycles. The maximum atomic E-state index is 12.6. The molecule has 1 N–H and O–H groups in total. The summed E-state index contributed by atoms with van der Waals surface area (Å²) >= 11 is 1.51. The molecule has 7 nitrogen and oxygen atoms in total. The van der Waals surface area contributed by atoms with E-state index in [1.165, 1.54) is 32.7 Å². The van der Waals surface area contributed by atoms with Crippen LogP contribution < -0.4 is 5.32 Å². The number of carbonyl (C=O) groups excluding carboxylic acids is 1. The molecule has 0 unspecified atom stereocenters. The van der Waals surface area contributed by atoms with Crippen molar-refractivity contribution >= 4 is 32.4 Å². The monoisotopic (exact) mass is 450 g/mol. The molecule has 0 fully saturated rings. The number of nitrogens with one attached hydrogen (secondary N) is 1. The topological polar surface area (TPSA) is 82.6 Å². The number of aromatic nitrogens is 1. The van der Waals surface area contributed by atoms with Crippen molar-refractivity contribution < 1.29 is 13.2 Å². The molecule has 1 amide bonds.